The van der Waals surface area contributed by atoms with Gasteiger partial charge in [0, 0.05) is 16.9 Å². The number of carbonyl (C=O) groups is 1. The first kappa shape index (κ1) is 19.0. The van der Waals surface area contributed by atoms with E-state index < -0.39 is 32.2 Å². The molecule has 0 spiro atoms. The molecule has 10 heteroatoms. The molecule has 2 aliphatic rings. The van der Waals surface area contributed by atoms with E-state index in [4.69, 9.17) is 5.73 Å². The summed E-state index contributed by atoms with van der Waals surface area (Å²) in [6, 6.07) is 4.74. The summed E-state index contributed by atoms with van der Waals surface area (Å²) in [6.07, 6.45) is -4.01. The molecular formula is C16H19F3N4O2S. The third-order valence-corrected chi connectivity index (χ3v) is 8.52. The summed E-state index contributed by atoms with van der Waals surface area (Å²) < 4.78 is 55.4. The first-order valence-electron chi connectivity index (χ1n) is 8.07. The van der Waals surface area contributed by atoms with Gasteiger partial charge in [0.15, 0.2) is 0 Å². The fourth-order valence-corrected chi connectivity index (χ4v) is 5.78. The lowest BCUT2D eigenvalue weighted by Gasteiger charge is -2.27. The summed E-state index contributed by atoms with van der Waals surface area (Å²) in [5, 5.41) is 6.23. The van der Waals surface area contributed by atoms with Crippen LogP contribution in [0.4, 0.5) is 13.2 Å². The third-order valence-electron chi connectivity index (χ3n) is 5.29. The van der Waals surface area contributed by atoms with Crippen LogP contribution in [0.3, 0.4) is 0 Å². The zero-order valence-electron chi connectivity index (χ0n) is 14.3. The van der Waals surface area contributed by atoms with Crippen molar-refractivity contribution in [2.45, 2.75) is 36.9 Å². The molecule has 2 unspecified atom stereocenters. The Kier molecular flexibility index (Phi) is 4.27. The van der Waals surface area contributed by atoms with E-state index in [-0.39, 0.29) is 22.8 Å². The second kappa shape index (κ2) is 5.85. The summed E-state index contributed by atoms with van der Waals surface area (Å²) in [5.41, 5.74) is 3.08. The topological polar surface area (TPSA) is 97.2 Å². The van der Waals surface area contributed by atoms with Crippen molar-refractivity contribution < 1.29 is 22.2 Å². The molecule has 1 aromatic carbocycles. The van der Waals surface area contributed by atoms with Gasteiger partial charge in [-0.2, -0.15) is 17.5 Å². The molecule has 3 rings (SSSR count). The minimum absolute atomic E-state index is 0.00124. The molecule has 2 N–H and O–H groups in total. The second-order valence-corrected chi connectivity index (χ2v) is 9.94. The Bertz CT molecular complexity index is 878. The number of nitrogens with two attached hydrogens (primary N) is 1. The van der Waals surface area contributed by atoms with Crippen LogP contribution in [0.2, 0.25) is 0 Å². The molecule has 2 aliphatic heterocycles. The first-order chi connectivity index (χ1) is 12.0. The van der Waals surface area contributed by atoms with Crippen LogP contribution in [0.1, 0.15) is 36.2 Å². The summed E-state index contributed by atoms with van der Waals surface area (Å²) in [5.74, 6) is -0.433. The molecule has 0 aromatic heterocycles. The van der Waals surface area contributed by atoms with E-state index in [2.05, 4.69) is 14.6 Å². The number of carbonyl (C=O) groups excluding carboxylic acids is 1. The van der Waals surface area contributed by atoms with Gasteiger partial charge >= 0.3 is 11.8 Å². The van der Waals surface area contributed by atoms with E-state index in [1.807, 2.05) is 0 Å². The SMILES string of the molecule is CC1(C)C(CN)CCS1(=O)=NC(=O)c1ccc(C2(C(F)(F)F)N=N2)cc1. The highest BCUT2D eigenvalue weighted by Gasteiger charge is 2.65. The van der Waals surface area contributed by atoms with Crippen molar-refractivity contribution in [3.63, 3.8) is 0 Å². The van der Waals surface area contributed by atoms with Gasteiger partial charge in [-0.05, 0) is 44.9 Å². The van der Waals surface area contributed by atoms with Crippen LogP contribution >= 0.6 is 0 Å². The van der Waals surface area contributed by atoms with Crippen LogP contribution in [0.25, 0.3) is 0 Å². The largest absolute Gasteiger partial charge is 0.442 e. The van der Waals surface area contributed by atoms with E-state index in [9.17, 15) is 22.2 Å². The maximum Gasteiger partial charge on any atom is 0.442 e. The molecule has 1 fully saturated rings. The van der Waals surface area contributed by atoms with Crippen molar-refractivity contribution in [2.75, 3.05) is 12.3 Å². The molecule has 2 heterocycles. The molecule has 1 aromatic rings. The highest BCUT2D eigenvalue weighted by atomic mass is 32.2. The zero-order chi connectivity index (χ0) is 19.4. The van der Waals surface area contributed by atoms with Crippen molar-refractivity contribution in [3.8, 4) is 0 Å². The molecule has 2 atom stereocenters. The van der Waals surface area contributed by atoms with Gasteiger partial charge in [-0.3, -0.25) is 4.79 Å². The van der Waals surface area contributed by atoms with Gasteiger partial charge in [0.1, 0.15) is 0 Å². The van der Waals surface area contributed by atoms with E-state index in [1.54, 1.807) is 13.8 Å². The number of hydrogen-bond donors (Lipinski definition) is 1. The monoisotopic (exact) mass is 388 g/mol. The fraction of sp³-hybridized carbons (Fsp3) is 0.562. The first-order valence-corrected chi connectivity index (χ1v) is 9.75. The van der Waals surface area contributed by atoms with Crippen LogP contribution in [0.15, 0.2) is 38.9 Å². The quantitative estimate of drug-likeness (QED) is 0.861. The number of alkyl halides is 3. The lowest BCUT2D eigenvalue weighted by molar-refractivity contribution is -0.166. The highest BCUT2D eigenvalue weighted by molar-refractivity contribution is 7.95. The Balaban J connectivity index is 1.87. The van der Waals surface area contributed by atoms with Gasteiger partial charge in [0.2, 0.25) is 0 Å². The Morgan fingerprint density at radius 3 is 2.31 bits per heavy atom. The molecule has 0 radical (unpaired) electrons. The van der Waals surface area contributed by atoms with Crippen molar-refractivity contribution in [3.05, 3.63) is 35.4 Å². The van der Waals surface area contributed by atoms with Crippen LogP contribution in [0, 0.1) is 5.92 Å². The maximum absolute atomic E-state index is 13.1. The highest BCUT2D eigenvalue weighted by Crippen LogP contribution is 2.52. The second-order valence-electron chi connectivity index (χ2n) is 7.01. The van der Waals surface area contributed by atoms with E-state index in [1.165, 1.54) is 12.1 Å². The average molecular weight is 388 g/mol. The van der Waals surface area contributed by atoms with Crippen molar-refractivity contribution in [2.24, 2.45) is 26.2 Å². The Hall–Kier alpha value is -1.81. The lowest BCUT2D eigenvalue weighted by atomic mass is 9.93. The van der Waals surface area contributed by atoms with Crippen molar-refractivity contribution >= 4 is 15.6 Å². The Labute approximate surface area is 149 Å². The van der Waals surface area contributed by atoms with Gasteiger partial charge in [0.25, 0.3) is 5.91 Å². The predicted octanol–water partition coefficient (Wildman–Crippen LogP) is 3.23. The minimum Gasteiger partial charge on any atom is -0.330 e. The van der Waals surface area contributed by atoms with Crippen molar-refractivity contribution in [1.29, 1.82) is 0 Å². The number of benzene rings is 1. The summed E-state index contributed by atoms with van der Waals surface area (Å²) >= 11 is 0. The van der Waals surface area contributed by atoms with Gasteiger partial charge in [-0.15, -0.1) is 10.2 Å². The zero-order valence-corrected chi connectivity index (χ0v) is 15.1. The minimum atomic E-state index is -4.63. The van der Waals surface area contributed by atoms with Crippen LogP contribution in [-0.4, -0.2) is 33.3 Å². The third kappa shape index (κ3) is 2.75. The Morgan fingerprint density at radius 1 is 1.31 bits per heavy atom. The number of hydrogen-bond acceptors (Lipinski definition) is 5. The van der Waals surface area contributed by atoms with E-state index in [0.29, 0.717) is 13.0 Å². The molecule has 0 bridgehead atoms. The Morgan fingerprint density at radius 2 is 1.88 bits per heavy atom. The van der Waals surface area contributed by atoms with Crippen LogP contribution in [0.5, 0.6) is 0 Å². The average Bonchev–Trinajstić information content (AvgIpc) is 3.33. The molecule has 6 nitrogen and oxygen atoms in total. The molecule has 142 valence electrons. The summed E-state index contributed by atoms with van der Waals surface area (Å²) in [6.45, 7) is 3.92. The van der Waals surface area contributed by atoms with E-state index in [0.717, 1.165) is 12.1 Å². The van der Waals surface area contributed by atoms with Gasteiger partial charge < -0.3 is 5.73 Å². The predicted molar refractivity (Wildman–Crippen MR) is 90.0 cm³/mol. The number of rotatable bonds is 3. The number of amides is 1. The lowest BCUT2D eigenvalue weighted by Crippen LogP contribution is -2.37. The van der Waals surface area contributed by atoms with Gasteiger partial charge in [0.05, 0.1) is 14.5 Å². The van der Waals surface area contributed by atoms with Gasteiger partial charge in [-0.1, -0.05) is 12.1 Å². The number of halogens is 3. The number of nitrogens with zero attached hydrogens (tertiary/aromatic N) is 3. The summed E-state index contributed by atoms with van der Waals surface area (Å²) in [7, 11) is -2.81. The maximum atomic E-state index is 13.1. The van der Waals surface area contributed by atoms with Crippen LogP contribution < -0.4 is 5.73 Å². The summed E-state index contributed by atoms with van der Waals surface area (Å²) in [4.78, 5) is 12.4. The normalized spacial score (nSPS) is 28.8. The molecule has 1 saturated heterocycles. The standard InChI is InChI=1S/C16H19F3N4O2S/c1-14(2)12(9-20)7-8-26(14,25)21-13(24)10-3-5-11(6-4-10)15(22-23-15)16(17,18)19/h3-6,12H,7-9,20H2,1-2H3. The van der Waals surface area contributed by atoms with E-state index >= 15 is 0 Å². The molecule has 0 saturated carbocycles. The van der Waals surface area contributed by atoms with Gasteiger partial charge in [-0.25, -0.2) is 4.21 Å². The fourth-order valence-electron chi connectivity index (χ4n) is 3.21. The molecule has 26 heavy (non-hydrogen) atoms. The molecule has 1 amide bonds. The smallest absolute Gasteiger partial charge is 0.330 e. The van der Waals surface area contributed by atoms with Crippen molar-refractivity contribution in [1.82, 2.24) is 0 Å². The molecule has 0 aliphatic carbocycles. The van der Waals surface area contributed by atoms with Crippen LogP contribution in [-0.2, 0) is 15.4 Å². The molecular weight excluding hydrogens is 369 g/mol.